The number of aryl methyl sites for hydroxylation is 3. The molecule has 0 bridgehead atoms. The number of carbonyl (C=O) groups is 2. The van der Waals surface area contributed by atoms with E-state index >= 15 is 0 Å². The topological polar surface area (TPSA) is 146 Å². The van der Waals surface area contributed by atoms with E-state index in [4.69, 9.17) is 25.2 Å². The minimum atomic E-state index is -0.662. The number of anilines is 4. The molecule has 0 spiro atoms. The van der Waals surface area contributed by atoms with Gasteiger partial charge >= 0.3 is 12.2 Å². The zero-order chi connectivity index (χ0) is 37.5. The lowest BCUT2D eigenvalue weighted by atomic mass is 9.99. The highest BCUT2D eigenvalue weighted by Crippen LogP contribution is 2.39. The highest BCUT2D eigenvalue weighted by atomic mass is 16.6. The van der Waals surface area contributed by atoms with Crippen LogP contribution in [0.4, 0.5) is 32.6 Å². The first-order chi connectivity index (χ1) is 24.5. The molecule has 0 aliphatic carbocycles. The van der Waals surface area contributed by atoms with Gasteiger partial charge in [0.15, 0.2) is 0 Å². The largest absolute Gasteiger partial charge is 0.444 e. The normalized spacial score (nSPS) is 12.9. The van der Waals surface area contributed by atoms with Crippen LogP contribution in [0.2, 0.25) is 0 Å². The van der Waals surface area contributed by atoms with E-state index in [1.807, 2.05) is 72.5 Å². The van der Waals surface area contributed by atoms with Crippen LogP contribution in [0, 0.1) is 6.92 Å². The minimum Gasteiger partial charge on any atom is -0.444 e. The van der Waals surface area contributed by atoms with E-state index in [1.165, 1.54) is 15.8 Å². The number of hydrogen-bond acceptors (Lipinski definition) is 10. The lowest BCUT2D eigenvalue weighted by Gasteiger charge is -2.28. The molecule has 52 heavy (non-hydrogen) atoms. The number of aromatic nitrogens is 5. The van der Waals surface area contributed by atoms with Crippen LogP contribution in [-0.2, 0) is 22.4 Å². The van der Waals surface area contributed by atoms with Gasteiger partial charge in [-0.2, -0.15) is 9.78 Å². The van der Waals surface area contributed by atoms with Crippen LogP contribution in [0.1, 0.15) is 59.1 Å². The second-order valence-electron chi connectivity index (χ2n) is 15.4. The molecule has 3 aromatic heterocycles. The Morgan fingerprint density at radius 3 is 2.46 bits per heavy atom. The number of rotatable bonds is 8. The van der Waals surface area contributed by atoms with Crippen molar-refractivity contribution in [1.82, 2.24) is 29.2 Å². The fourth-order valence-electron chi connectivity index (χ4n) is 6.32. The molecule has 0 radical (unpaired) electrons. The third-order valence-electron chi connectivity index (χ3n) is 8.85. The standard InChI is InChI=1S/C39H49N9O4/c1-24-18-32(45(8)16-17-46(9)36(49)51-38(2,3)4)30(40)19-31(24)43-35-41-21-28(26-20-42-48(22-26)37(50)52-39(5,6)7)33(44-35)29-23-47-15-11-13-25-12-10-14-27(29)34(25)47/h10,12,14,18-23H,11,13,15-17,40H2,1-9H3,(H,41,43,44). The Bertz CT molecular complexity index is 2140. The predicted octanol–water partition coefficient (Wildman–Crippen LogP) is 7.63. The second kappa shape index (κ2) is 13.9. The van der Waals surface area contributed by atoms with Crippen LogP contribution in [0.3, 0.4) is 0 Å². The number of likely N-dealkylation sites (N-methyl/N-ethyl adjacent to an activating group) is 2. The molecule has 3 N–H and O–H groups in total. The van der Waals surface area contributed by atoms with Gasteiger partial charge in [-0.05, 0) is 84.6 Å². The number of benzene rings is 2. The molecule has 5 aromatic rings. The molecule has 0 saturated carbocycles. The van der Waals surface area contributed by atoms with Crippen molar-refractivity contribution in [2.45, 2.75) is 79.1 Å². The summed E-state index contributed by atoms with van der Waals surface area (Å²) in [5.74, 6) is 0.396. The summed E-state index contributed by atoms with van der Waals surface area (Å²) in [6.07, 6.45) is 8.36. The van der Waals surface area contributed by atoms with Crippen molar-refractivity contribution >= 4 is 46.1 Å². The van der Waals surface area contributed by atoms with Gasteiger partial charge in [0.1, 0.15) is 11.2 Å². The first-order valence-corrected chi connectivity index (χ1v) is 17.6. The van der Waals surface area contributed by atoms with Crippen molar-refractivity contribution in [2.24, 2.45) is 0 Å². The number of nitrogens with one attached hydrogen (secondary N) is 1. The zero-order valence-corrected chi connectivity index (χ0v) is 31.6. The average Bonchev–Trinajstić information content (AvgIpc) is 3.71. The number of amides is 1. The Morgan fingerprint density at radius 1 is 0.981 bits per heavy atom. The molecular weight excluding hydrogens is 658 g/mol. The summed E-state index contributed by atoms with van der Waals surface area (Å²) in [6, 6.07) is 10.3. The fourth-order valence-corrected chi connectivity index (χ4v) is 6.32. The Labute approximate surface area is 304 Å². The van der Waals surface area contributed by atoms with E-state index < -0.39 is 17.3 Å². The summed E-state index contributed by atoms with van der Waals surface area (Å²) in [6.45, 7) is 14.9. The number of hydrogen-bond donors (Lipinski definition) is 2. The number of ether oxygens (including phenoxy) is 2. The number of nitrogen functional groups attached to an aromatic ring is 1. The van der Waals surface area contributed by atoms with Gasteiger partial charge in [-0.15, -0.1) is 0 Å². The SMILES string of the molecule is Cc1cc(N(C)CCN(C)C(=O)OC(C)(C)C)c(N)cc1Nc1ncc(-c2cnn(C(=O)OC(C)(C)C)c2)c(-c2cn3c4c(cccc24)CCC3)n1. The number of para-hydroxylation sites is 1. The van der Waals surface area contributed by atoms with E-state index in [9.17, 15) is 9.59 Å². The van der Waals surface area contributed by atoms with Crippen molar-refractivity contribution in [1.29, 1.82) is 0 Å². The van der Waals surface area contributed by atoms with Crippen molar-refractivity contribution < 1.29 is 19.1 Å². The van der Waals surface area contributed by atoms with Gasteiger partial charge in [0, 0.05) is 80.1 Å². The van der Waals surface area contributed by atoms with Gasteiger partial charge in [-0.1, -0.05) is 18.2 Å². The maximum atomic E-state index is 12.8. The number of carbonyl (C=O) groups excluding carboxylic acids is 2. The smallest absolute Gasteiger partial charge is 0.435 e. The van der Waals surface area contributed by atoms with E-state index in [1.54, 1.807) is 30.5 Å². The highest BCUT2D eigenvalue weighted by molar-refractivity contribution is 6.00. The summed E-state index contributed by atoms with van der Waals surface area (Å²) in [7, 11) is 3.67. The van der Waals surface area contributed by atoms with Gasteiger partial charge in [-0.3, -0.25) is 0 Å². The third kappa shape index (κ3) is 7.83. The van der Waals surface area contributed by atoms with Crippen LogP contribution in [-0.4, -0.2) is 79.8 Å². The quantitative estimate of drug-likeness (QED) is 0.154. The van der Waals surface area contributed by atoms with Gasteiger partial charge in [0.2, 0.25) is 5.95 Å². The first-order valence-electron chi connectivity index (χ1n) is 17.6. The average molecular weight is 708 g/mol. The monoisotopic (exact) mass is 707 g/mol. The molecule has 4 heterocycles. The van der Waals surface area contributed by atoms with E-state index in [0.717, 1.165) is 52.8 Å². The molecule has 13 heteroatoms. The van der Waals surface area contributed by atoms with Crippen LogP contribution in [0.5, 0.6) is 0 Å². The summed E-state index contributed by atoms with van der Waals surface area (Å²) < 4.78 is 14.5. The summed E-state index contributed by atoms with van der Waals surface area (Å²) in [4.78, 5) is 38.7. The summed E-state index contributed by atoms with van der Waals surface area (Å²) in [5.41, 5.74) is 14.1. The molecule has 6 rings (SSSR count). The Morgan fingerprint density at radius 2 is 1.73 bits per heavy atom. The molecule has 1 aliphatic rings. The summed E-state index contributed by atoms with van der Waals surface area (Å²) >= 11 is 0. The highest BCUT2D eigenvalue weighted by Gasteiger charge is 2.24. The van der Waals surface area contributed by atoms with Gasteiger partial charge in [-0.25, -0.2) is 19.6 Å². The van der Waals surface area contributed by atoms with E-state index in [-0.39, 0.29) is 6.09 Å². The summed E-state index contributed by atoms with van der Waals surface area (Å²) in [5, 5.41) is 8.83. The first kappa shape index (κ1) is 36.2. The Kier molecular flexibility index (Phi) is 9.65. The van der Waals surface area contributed by atoms with Crippen LogP contribution in [0.25, 0.3) is 33.3 Å². The van der Waals surface area contributed by atoms with Crippen LogP contribution < -0.4 is 16.0 Å². The minimum absolute atomic E-state index is 0.371. The number of nitrogens with two attached hydrogens (primary N) is 1. The molecular formula is C39H49N9O4. The van der Waals surface area contributed by atoms with Crippen molar-refractivity contribution in [2.75, 3.05) is 43.1 Å². The molecule has 1 amide bonds. The molecule has 274 valence electrons. The van der Waals surface area contributed by atoms with Crippen LogP contribution >= 0.6 is 0 Å². The molecule has 13 nitrogen and oxygen atoms in total. The van der Waals surface area contributed by atoms with Crippen molar-refractivity contribution in [3.05, 3.63) is 66.2 Å². The molecule has 0 fully saturated rings. The molecule has 0 unspecified atom stereocenters. The molecule has 1 aliphatic heterocycles. The fraction of sp³-hybridized carbons (Fsp3) is 0.410. The maximum absolute atomic E-state index is 12.8. The molecule has 0 saturated heterocycles. The lowest BCUT2D eigenvalue weighted by molar-refractivity contribution is 0.0303. The molecule has 2 aromatic carbocycles. The van der Waals surface area contributed by atoms with E-state index in [0.29, 0.717) is 36.0 Å². The van der Waals surface area contributed by atoms with Gasteiger partial charge in [0.05, 0.1) is 28.8 Å². The molecule has 0 atom stereocenters. The van der Waals surface area contributed by atoms with Crippen molar-refractivity contribution in [3.63, 3.8) is 0 Å². The Hall–Kier alpha value is -5.59. The van der Waals surface area contributed by atoms with Crippen LogP contribution in [0.15, 0.2) is 55.1 Å². The van der Waals surface area contributed by atoms with Gasteiger partial charge in [0.25, 0.3) is 0 Å². The zero-order valence-electron chi connectivity index (χ0n) is 31.6. The van der Waals surface area contributed by atoms with Gasteiger partial charge < -0.3 is 34.9 Å². The second-order valence-corrected chi connectivity index (χ2v) is 15.4. The third-order valence-corrected chi connectivity index (χ3v) is 8.85. The Balaban J connectivity index is 1.31. The maximum Gasteiger partial charge on any atom is 0.435 e. The lowest BCUT2D eigenvalue weighted by Crippen LogP contribution is -2.38. The predicted molar refractivity (Wildman–Crippen MR) is 205 cm³/mol. The van der Waals surface area contributed by atoms with Crippen molar-refractivity contribution in [3.8, 4) is 22.4 Å². The number of nitrogens with zero attached hydrogens (tertiary/aromatic N) is 7. The van der Waals surface area contributed by atoms with E-state index in [2.05, 4.69) is 39.4 Å².